The summed E-state index contributed by atoms with van der Waals surface area (Å²) in [4.78, 5) is 17.7. The maximum absolute atomic E-state index is 13.0. The van der Waals surface area contributed by atoms with E-state index in [0.29, 0.717) is 28.4 Å². The van der Waals surface area contributed by atoms with Gasteiger partial charge in [-0.1, -0.05) is 49.3 Å². The van der Waals surface area contributed by atoms with Crippen LogP contribution in [0.1, 0.15) is 19.4 Å². The Morgan fingerprint density at radius 2 is 1.93 bits per heavy atom. The van der Waals surface area contributed by atoms with Gasteiger partial charge in [0, 0.05) is 17.3 Å². The van der Waals surface area contributed by atoms with Gasteiger partial charge in [-0.05, 0) is 48.2 Å². The minimum atomic E-state index is -0.0249. The lowest BCUT2D eigenvalue weighted by molar-refractivity contribution is 0.414. The fraction of sp³-hybridized carbons (Fsp3) is 0.333. The van der Waals surface area contributed by atoms with E-state index in [9.17, 15) is 4.79 Å². The van der Waals surface area contributed by atoms with Crippen molar-refractivity contribution in [2.75, 3.05) is 12.9 Å². The molecule has 0 spiro atoms. The van der Waals surface area contributed by atoms with Crippen LogP contribution in [0.15, 0.2) is 52.4 Å². The van der Waals surface area contributed by atoms with Gasteiger partial charge in [-0.3, -0.25) is 9.36 Å². The fourth-order valence-corrected chi connectivity index (χ4v) is 4.03. The van der Waals surface area contributed by atoms with Gasteiger partial charge in [-0.2, -0.15) is 0 Å². The van der Waals surface area contributed by atoms with Crippen molar-refractivity contribution in [2.45, 2.75) is 32.0 Å². The molecule has 3 aromatic rings. The van der Waals surface area contributed by atoms with Gasteiger partial charge in [0.05, 0.1) is 18.0 Å². The molecule has 1 heterocycles. The number of thioether (sulfide) groups is 1. The first kappa shape index (κ1) is 19.8. The van der Waals surface area contributed by atoms with Crippen LogP contribution < -0.4 is 10.3 Å². The number of ether oxygens (including phenoxy) is 1. The molecular formula is C21H23ClN2O2S. The molecule has 6 heteroatoms. The molecule has 1 aromatic heterocycles. The molecule has 2 aromatic carbocycles. The van der Waals surface area contributed by atoms with E-state index in [4.69, 9.17) is 21.3 Å². The monoisotopic (exact) mass is 402 g/mol. The van der Waals surface area contributed by atoms with Gasteiger partial charge in [-0.25, -0.2) is 4.98 Å². The van der Waals surface area contributed by atoms with Crippen molar-refractivity contribution in [3.05, 3.63) is 63.4 Å². The standard InChI is InChI=1S/C21H23ClN2O2S/c1-14(2)13-24-20(25)18-12-16(22)6-9-19(18)23-21(24)27-11-10-15-4-7-17(26-3)8-5-15/h4-9,12,14H,10-11,13H2,1-3H3. The molecule has 27 heavy (non-hydrogen) atoms. The molecule has 0 saturated heterocycles. The molecule has 0 unspecified atom stereocenters. The number of methoxy groups -OCH3 is 1. The highest BCUT2D eigenvalue weighted by Crippen LogP contribution is 2.22. The molecule has 0 aliphatic carbocycles. The second-order valence-electron chi connectivity index (χ2n) is 6.81. The first-order valence-corrected chi connectivity index (χ1v) is 10.3. The Hall–Kier alpha value is -1.98. The van der Waals surface area contributed by atoms with Gasteiger partial charge in [0.15, 0.2) is 5.16 Å². The number of aromatic nitrogens is 2. The third kappa shape index (κ3) is 4.85. The zero-order chi connectivity index (χ0) is 19.4. The Balaban J connectivity index is 1.85. The zero-order valence-corrected chi connectivity index (χ0v) is 17.3. The zero-order valence-electron chi connectivity index (χ0n) is 15.7. The Labute approximate surface area is 168 Å². The first-order valence-electron chi connectivity index (χ1n) is 8.93. The minimum Gasteiger partial charge on any atom is -0.497 e. The van der Waals surface area contributed by atoms with E-state index in [1.54, 1.807) is 35.6 Å². The summed E-state index contributed by atoms with van der Waals surface area (Å²) in [5.74, 6) is 2.05. The molecule has 0 aliphatic rings. The third-order valence-corrected chi connectivity index (χ3v) is 5.42. The van der Waals surface area contributed by atoms with Crippen LogP contribution in [0, 0.1) is 5.92 Å². The highest BCUT2D eigenvalue weighted by molar-refractivity contribution is 7.99. The molecule has 4 nitrogen and oxygen atoms in total. The Bertz CT molecular complexity index is 984. The van der Waals surface area contributed by atoms with Gasteiger partial charge in [0.25, 0.3) is 5.56 Å². The number of benzene rings is 2. The quantitative estimate of drug-likeness (QED) is 0.409. The largest absolute Gasteiger partial charge is 0.497 e. The van der Waals surface area contributed by atoms with Gasteiger partial charge in [0.2, 0.25) is 0 Å². The van der Waals surface area contributed by atoms with Crippen LogP contribution in [0.4, 0.5) is 0 Å². The number of nitrogens with zero attached hydrogens (tertiary/aromatic N) is 2. The lowest BCUT2D eigenvalue weighted by Crippen LogP contribution is -2.25. The summed E-state index contributed by atoms with van der Waals surface area (Å²) in [7, 11) is 1.66. The second-order valence-corrected chi connectivity index (χ2v) is 8.31. The molecule has 142 valence electrons. The molecule has 0 N–H and O–H groups in total. The summed E-state index contributed by atoms with van der Waals surface area (Å²) in [6, 6.07) is 13.3. The molecule has 0 amide bonds. The highest BCUT2D eigenvalue weighted by Gasteiger charge is 2.13. The van der Waals surface area contributed by atoms with Crippen molar-refractivity contribution < 1.29 is 4.74 Å². The number of hydrogen-bond acceptors (Lipinski definition) is 4. The number of halogens is 1. The fourth-order valence-electron chi connectivity index (χ4n) is 2.86. The minimum absolute atomic E-state index is 0.0249. The topological polar surface area (TPSA) is 44.1 Å². The number of fused-ring (bicyclic) bond motifs is 1. The maximum Gasteiger partial charge on any atom is 0.262 e. The van der Waals surface area contributed by atoms with E-state index in [0.717, 1.165) is 23.1 Å². The summed E-state index contributed by atoms with van der Waals surface area (Å²) in [5, 5.41) is 1.89. The van der Waals surface area contributed by atoms with Crippen molar-refractivity contribution in [1.82, 2.24) is 9.55 Å². The van der Waals surface area contributed by atoms with Crippen molar-refractivity contribution >= 4 is 34.3 Å². The normalized spacial score (nSPS) is 11.3. The smallest absolute Gasteiger partial charge is 0.262 e. The van der Waals surface area contributed by atoms with Crippen molar-refractivity contribution in [3.8, 4) is 5.75 Å². The molecule has 0 fully saturated rings. The highest BCUT2D eigenvalue weighted by atomic mass is 35.5. The van der Waals surface area contributed by atoms with E-state index >= 15 is 0 Å². The number of aryl methyl sites for hydroxylation is 1. The lowest BCUT2D eigenvalue weighted by atomic mass is 10.2. The number of rotatable bonds is 7. The number of hydrogen-bond donors (Lipinski definition) is 0. The van der Waals surface area contributed by atoms with Crippen LogP contribution in [0.25, 0.3) is 10.9 Å². The van der Waals surface area contributed by atoms with Crippen molar-refractivity contribution in [3.63, 3.8) is 0 Å². The van der Waals surface area contributed by atoms with Gasteiger partial charge in [-0.15, -0.1) is 0 Å². The summed E-state index contributed by atoms with van der Waals surface area (Å²) in [5.41, 5.74) is 1.90. The molecular weight excluding hydrogens is 380 g/mol. The van der Waals surface area contributed by atoms with E-state index in [1.165, 1.54) is 5.56 Å². The SMILES string of the molecule is COc1ccc(CCSc2nc3ccc(Cl)cc3c(=O)n2CC(C)C)cc1. The molecule has 0 saturated carbocycles. The third-order valence-electron chi connectivity index (χ3n) is 4.21. The summed E-state index contributed by atoms with van der Waals surface area (Å²) >= 11 is 7.69. The van der Waals surface area contributed by atoms with Crippen molar-refractivity contribution in [2.24, 2.45) is 5.92 Å². The Kier molecular flexibility index (Phi) is 6.45. The van der Waals surface area contributed by atoms with E-state index < -0.39 is 0 Å². The van der Waals surface area contributed by atoms with Gasteiger partial charge < -0.3 is 4.74 Å². The molecule has 3 rings (SSSR count). The second kappa shape index (κ2) is 8.81. The van der Waals surface area contributed by atoms with Crippen LogP contribution in [0.5, 0.6) is 5.75 Å². The van der Waals surface area contributed by atoms with E-state index in [2.05, 4.69) is 26.0 Å². The van der Waals surface area contributed by atoms with Crippen molar-refractivity contribution in [1.29, 1.82) is 0 Å². The molecule has 0 radical (unpaired) electrons. The Morgan fingerprint density at radius 3 is 2.59 bits per heavy atom. The molecule has 0 atom stereocenters. The molecule has 0 bridgehead atoms. The predicted octanol–water partition coefficient (Wildman–Crippen LogP) is 5.05. The summed E-state index contributed by atoms with van der Waals surface area (Å²) in [6.45, 7) is 4.83. The van der Waals surface area contributed by atoms with Gasteiger partial charge >= 0.3 is 0 Å². The average molecular weight is 403 g/mol. The van der Waals surface area contributed by atoms with Crippen LogP contribution in [0.2, 0.25) is 5.02 Å². The van der Waals surface area contributed by atoms with Crippen LogP contribution >= 0.6 is 23.4 Å². The van der Waals surface area contributed by atoms with E-state index in [1.807, 2.05) is 18.2 Å². The van der Waals surface area contributed by atoms with Crippen LogP contribution in [-0.4, -0.2) is 22.4 Å². The van der Waals surface area contributed by atoms with Gasteiger partial charge in [0.1, 0.15) is 5.75 Å². The maximum atomic E-state index is 13.0. The van der Waals surface area contributed by atoms with Crippen LogP contribution in [0.3, 0.4) is 0 Å². The van der Waals surface area contributed by atoms with E-state index in [-0.39, 0.29) is 5.56 Å². The lowest BCUT2D eigenvalue weighted by Gasteiger charge is -2.15. The first-order chi connectivity index (χ1) is 13.0. The average Bonchev–Trinajstić information content (AvgIpc) is 2.65. The summed E-state index contributed by atoms with van der Waals surface area (Å²) in [6.07, 6.45) is 0.894. The Morgan fingerprint density at radius 1 is 1.19 bits per heavy atom. The van der Waals surface area contributed by atoms with Crippen LogP contribution in [-0.2, 0) is 13.0 Å². The predicted molar refractivity (Wildman–Crippen MR) is 113 cm³/mol. The molecule has 0 aliphatic heterocycles. The summed E-state index contributed by atoms with van der Waals surface area (Å²) < 4.78 is 6.98.